The van der Waals surface area contributed by atoms with Crippen molar-refractivity contribution in [3.63, 3.8) is 0 Å². The van der Waals surface area contributed by atoms with Crippen LogP contribution in [-0.4, -0.2) is 70.1 Å². The van der Waals surface area contributed by atoms with E-state index < -0.39 is 37.3 Å². The van der Waals surface area contributed by atoms with Gasteiger partial charge in [-0.1, -0.05) is 18.0 Å². The van der Waals surface area contributed by atoms with Crippen LogP contribution < -0.4 is 9.46 Å². The molecule has 5 unspecified atom stereocenters. The van der Waals surface area contributed by atoms with Gasteiger partial charge >= 0.3 is 0 Å². The highest BCUT2D eigenvalue weighted by molar-refractivity contribution is 7.99. The minimum atomic E-state index is -1.48. The van der Waals surface area contributed by atoms with Gasteiger partial charge < -0.3 is 39.4 Å². The van der Waals surface area contributed by atoms with Crippen molar-refractivity contribution in [2.45, 2.75) is 57.3 Å². The minimum Gasteiger partial charge on any atom is -0.460 e. The standard InChI is InChI=1S/C17H27NO7S/c1-9(2)23-8-10-4-5-12(11(6-10)18-26-3)24-17-16(22)15(21)14(20)13(7-19)25-17/h4-6,9,13-22H,7-8H2,1-3H3. The summed E-state index contributed by atoms with van der Waals surface area (Å²) in [6.07, 6.45) is -4.65. The van der Waals surface area contributed by atoms with E-state index in [4.69, 9.17) is 14.2 Å². The van der Waals surface area contributed by atoms with Gasteiger partial charge in [0.1, 0.15) is 30.2 Å². The molecule has 9 heteroatoms. The number of aliphatic hydroxyl groups excluding tert-OH is 4. The lowest BCUT2D eigenvalue weighted by atomic mass is 9.99. The SMILES string of the molecule is CSNc1cc(COC(C)C)ccc1OC1OC(CO)C(O)C(O)C1O. The van der Waals surface area contributed by atoms with E-state index in [1.165, 1.54) is 11.9 Å². The predicted molar refractivity (Wildman–Crippen MR) is 97.9 cm³/mol. The fraction of sp³-hybridized carbons (Fsp3) is 0.647. The van der Waals surface area contributed by atoms with Gasteiger partial charge in [-0.2, -0.15) is 0 Å². The minimum absolute atomic E-state index is 0.108. The maximum Gasteiger partial charge on any atom is 0.229 e. The third-order valence-corrected chi connectivity index (χ3v) is 4.35. The molecular formula is C17H27NO7S. The fourth-order valence-electron chi connectivity index (χ4n) is 2.51. The van der Waals surface area contributed by atoms with E-state index in [0.717, 1.165) is 5.56 Å². The van der Waals surface area contributed by atoms with Crippen LogP contribution >= 0.6 is 11.9 Å². The van der Waals surface area contributed by atoms with Crippen molar-refractivity contribution >= 4 is 17.6 Å². The summed E-state index contributed by atoms with van der Waals surface area (Å²) >= 11 is 1.37. The molecule has 1 aliphatic rings. The van der Waals surface area contributed by atoms with Gasteiger partial charge in [0.05, 0.1) is 25.0 Å². The van der Waals surface area contributed by atoms with Crippen LogP contribution in [0.3, 0.4) is 0 Å². The molecule has 0 aliphatic carbocycles. The van der Waals surface area contributed by atoms with Gasteiger partial charge in [0.2, 0.25) is 6.29 Å². The van der Waals surface area contributed by atoms with Crippen LogP contribution in [0.15, 0.2) is 18.2 Å². The number of benzene rings is 1. The molecule has 0 radical (unpaired) electrons. The van der Waals surface area contributed by atoms with Gasteiger partial charge in [-0.25, -0.2) is 0 Å². The molecule has 1 heterocycles. The van der Waals surface area contributed by atoms with E-state index in [1.807, 2.05) is 32.2 Å². The Kier molecular flexibility index (Phi) is 7.96. The summed E-state index contributed by atoms with van der Waals surface area (Å²) in [4.78, 5) is 0. The lowest BCUT2D eigenvalue weighted by molar-refractivity contribution is -0.277. The van der Waals surface area contributed by atoms with Gasteiger partial charge in [-0.3, -0.25) is 0 Å². The second-order valence-electron chi connectivity index (χ2n) is 6.31. The number of hydrogen-bond donors (Lipinski definition) is 5. The quantitative estimate of drug-likeness (QED) is 0.404. The van der Waals surface area contributed by atoms with Crippen molar-refractivity contribution in [2.24, 2.45) is 0 Å². The van der Waals surface area contributed by atoms with E-state index in [9.17, 15) is 20.4 Å². The van der Waals surface area contributed by atoms with Crippen LogP contribution in [0.4, 0.5) is 5.69 Å². The molecular weight excluding hydrogens is 362 g/mol. The molecule has 8 nitrogen and oxygen atoms in total. The van der Waals surface area contributed by atoms with Crippen molar-refractivity contribution in [1.82, 2.24) is 0 Å². The van der Waals surface area contributed by atoms with Crippen LogP contribution in [0, 0.1) is 0 Å². The highest BCUT2D eigenvalue weighted by Crippen LogP contribution is 2.32. The molecule has 0 saturated carbocycles. The van der Waals surface area contributed by atoms with Crippen molar-refractivity contribution in [2.75, 3.05) is 17.6 Å². The molecule has 1 aromatic rings. The Labute approximate surface area is 157 Å². The van der Waals surface area contributed by atoms with E-state index in [-0.39, 0.29) is 6.10 Å². The maximum atomic E-state index is 10.1. The van der Waals surface area contributed by atoms with Crippen LogP contribution in [0.1, 0.15) is 19.4 Å². The third-order valence-electron chi connectivity index (χ3n) is 3.93. The average molecular weight is 389 g/mol. The third kappa shape index (κ3) is 5.23. The van der Waals surface area contributed by atoms with Gasteiger partial charge in [0.25, 0.3) is 0 Å². The number of rotatable bonds is 8. The van der Waals surface area contributed by atoms with Crippen molar-refractivity contribution < 1.29 is 34.6 Å². The Morgan fingerprint density at radius 3 is 2.54 bits per heavy atom. The molecule has 1 saturated heterocycles. The number of hydrogen-bond acceptors (Lipinski definition) is 9. The molecule has 1 fully saturated rings. The number of ether oxygens (including phenoxy) is 3. The number of aliphatic hydroxyl groups is 4. The predicted octanol–water partition coefficient (Wildman–Crippen LogP) is 0.480. The van der Waals surface area contributed by atoms with Gasteiger partial charge in [0, 0.05) is 6.26 Å². The van der Waals surface area contributed by atoms with E-state index in [1.54, 1.807) is 6.07 Å². The smallest absolute Gasteiger partial charge is 0.229 e. The molecule has 26 heavy (non-hydrogen) atoms. The first-order chi connectivity index (χ1) is 12.4. The zero-order valence-electron chi connectivity index (χ0n) is 15.0. The summed E-state index contributed by atoms with van der Waals surface area (Å²) in [5.74, 6) is 0.400. The van der Waals surface area contributed by atoms with Gasteiger partial charge in [0.15, 0.2) is 0 Å². The molecule has 5 atom stereocenters. The Morgan fingerprint density at radius 2 is 1.92 bits per heavy atom. The van der Waals surface area contributed by atoms with Crippen LogP contribution in [0.25, 0.3) is 0 Å². The largest absolute Gasteiger partial charge is 0.460 e. The topological polar surface area (TPSA) is 121 Å². The molecule has 2 rings (SSSR count). The van der Waals surface area contributed by atoms with E-state index >= 15 is 0 Å². The zero-order chi connectivity index (χ0) is 19.3. The monoisotopic (exact) mass is 389 g/mol. The summed E-state index contributed by atoms with van der Waals surface area (Å²) in [5.41, 5.74) is 1.59. The summed E-state index contributed by atoms with van der Waals surface area (Å²) in [6, 6.07) is 5.39. The molecule has 0 aromatic heterocycles. The lowest BCUT2D eigenvalue weighted by Crippen LogP contribution is -2.60. The lowest BCUT2D eigenvalue weighted by Gasteiger charge is -2.39. The maximum absolute atomic E-state index is 10.1. The Balaban J connectivity index is 2.16. The first-order valence-electron chi connectivity index (χ1n) is 8.38. The molecule has 148 valence electrons. The summed E-state index contributed by atoms with van der Waals surface area (Å²) in [7, 11) is 0. The summed E-state index contributed by atoms with van der Waals surface area (Å²) < 4.78 is 19.8. The van der Waals surface area contributed by atoms with Crippen LogP contribution in [0.2, 0.25) is 0 Å². The molecule has 0 bridgehead atoms. The Hall–Kier alpha value is -1.07. The van der Waals surface area contributed by atoms with E-state index in [0.29, 0.717) is 18.0 Å². The van der Waals surface area contributed by atoms with Crippen molar-refractivity contribution in [1.29, 1.82) is 0 Å². The van der Waals surface area contributed by atoms with Crippen LogP contribution in [0.5, 0.6) is 5.75 Å². The molecule has 1 aromatic carbocycles. The first kappa shape index (κ1) is 21.2. The average Bonchev–Trinajstić information content (AvgIpc) is 2.62. The highest BCUT2D eigenvalue weighted by Gasteiger charge is 2.44. The summed E-state index contributed by atoms with van der Waals surface area (Å²) in [5, 5.41) is 39.1. The summed E-state index contributed by atoms with van der Waals surface area (Å²) in [6.45, 7) is 3.85. The van der Waals surface area contributed by atoms with E-state index in [2.05, 4.69) is 4.72 Å². The molecule has 1 aliphatic heterocycles. The van der Waals surface area contributed by atoms with Gasteiger partial charge in [-0.15, -0.1) is 0 Å². The Morgan fingerprint density at radius 1 is 1.19 bits per heavy atom. The number of anilines is 1. The Bertz CT molecular complexity index is 572. The van der Waals surface area contributed by atoms with Crippen molar-refractivity contribution in [3.8, 4) is 5.75 Å². The molecule has 0 amide bonds. The van der Waals surface area contributed by atoms with Crippen molar-refractivity contribution in [3.05, 3.63) is 23.8 Å². The highest BCUT2D eigenvalue weighted by atomic mass is 32.2. The van der Waals surface area contributed by atoms with Crippen LogP contribution in [-0.2, 0) is 16.1 Å². The second kappa shape index (κ2) is 9.75. The zero-order valence-corrected chi connectivity index (χ0v) is 15.8. The first-order valence-corrected chi connectivity index (χ1v) is 9.60. The molecule has 0 spiro atoms. The fourth-order valence-corrected chi connectivity index (χ4v) is 2.89. The number of nitrogens with one attached hydrogen (secondary N) is 1. The normalized spacial score (nSPS) is 29.0. The molecule has 5 N–H and O–H groups in total. The van der Waals surface area contributed by atoms with Gasteiger partial charge in [-0.05, 0) is 31.5 Å². The second-order valence-corrected chi connectivity index (χ2v) is 6.92.